The topological polar surface area (TPSA) is 23.8 Å². The van der Waals surface area contributed by atoms with Gasteiger partial charge in [-0.15, -0.1) is 0 Å². The molecule has 0 aliphatic heterocycles. The minimum Gasteiger partial charge on any atom is -0.198 e. The SMILES string of the molecule is [CH2]C(C)(C)C#N. The Morgan fingerprint density at radius 1 is 1.67 bits per heavy atom. The fourth-order valence-electron chi connectivity index (χ4n) is 0. The summed E-state index contributed by atoms with van der Waals surface area (Å²) in [7, 11) is 0. The van der Waals surface area contributed by atoms with Gasteiger partial charge in [-0.3, -0.25) is 0 Å². The van der Waals surface area contributed by atoms with Crippen LogP contribution in [0.15, 0.2) is 0 Å². The summed E-state index contributed by atoms with van der Waals surface area (Å²) in [6.45, 7) is 7.07. The highest BCUT2D eigenvalue weighted by atomic mass is 14.3. The largest absolute Gasteiger partial charge is 0.198 e. The Bertz CT molecular complexity index is 70.9. The van der Waals surface area contributed by atoms with Gasteiger partial charge in [-0.2, -0.15) is 5.26 Å². The van der Waals surface area contributed by atoms with Gasteiger partial charge in [0.05, 0.1) is 11.5 Å². The Kier molecular flexibility index (Phi) is 1.19. The third-order valence-electron chi connectivity index (χ3n) is 0.303. The molecule has 0 bridgehead atoms. The summed E-state index contributed by atoms with van der Waals surface area (Å²) in [5.74, 6) is 0. The highest BCUT2D eigenvalue weighted by molar-refractivity contribution is 4.93. The van der Waals surface area contributed by atoms with E-state index in [1.807, 2.05) is 6.07 Å². The van der Waals surface area contributed by atoms with Crippen LogP contribution in [0.5, 0.6) is 0 Å². The summed E-state index contributed by atoms with van der Waals surface area (Å²) in [4.78, 5) is 0. The predicted molar refractivity (Wildman–Crippen MR) is 24.8 cm³/mol. The Morgan fingerprint density at radius 2 is 1.83 bits per heavy atom. The standard InChI is InChI=1S/C5H8N/c1-5(2,3)4-6/h1H2,2-3H3. The first-order valence-electron chi connectivity index (χ1n) is 1.83. The number of nitrogens with zero attached hydrogens (tertiary/aromatic N) is 1. The van der Waals surface area contributed by atoms with Gasteiger partial charge < -0.3 is 0 Å². The molecule has 0 atom stereocenters. The van der Waals surface area contributed by atoms with E-state index in [1.54, 1.807) is 13.8 Å². The summed E-state index contributed by atoms with van der Waals surface area (Å²) in [5.41, 5.74) is -0.403. The number of hydrogen-bond donors (Lipinski definition) is 0. The van der Waals surface area contributed by atoms with E-state index in [0.717, 1.165) is 0 Å². The smallest absolute Gasteiger partial charge is 0.0683 e. The molecule has 0 heterocycles. The molecular formula is C5H8N. The van der Waals surface area contributed by atoms with Crippen LogP contribution in [0.4, 0.5) is 0 Å². The molecular weight excluding hydrogens is 74.1 g/mol. The van der Waals surface area contributed by atoms with Gasteiger partial charge in [-0.25, -0.2) is 0 Å². The monoisotopic (exact) mass is 82.1 g/mol. The molecule has 0 spiro atoms. The second kappa shape index (κ2) is 1.30. The molecule has 0 N–H and O–H groups in total. The van der Waals surface area contributed by atoms with Gasteiger partial charge in [0.1, 0.15) is 0 Å². The number of hydrogen-bond acceptors (Lipinski definition) is 1. The van der Waals surface area contributed by atoms with Gasteiger partial charge in [-0.1, -0.05) is 0 Å². The average Bonchev–Trinajstić information content (AvgIpc) is 1.35. The average molecular weight is 82.1 g/mol. The molecule has 33 valence electrons. The quantitative estimate of drug-likeness (QED) is 0.433. The minimum atomic E-state index is -0.403. The van der Waals surface area contributed by atoms with Gasteiger partial charge >= 0.3 is 0 Å². The minimum absolute atomic E-state index is 0.403. The lowest BCUT2D eigenvalue weighted by atomic mass is 10.0. The lowest BCUT2D eigenvalue weighted by Crippen LogP contribution is -1.98. The Morgan fingerprint density at radius 3 is 1.83 bits per heavy atom. The van der Waals surface area contributed by atoms with Crippen LogP contribution in [0.25, 0.3) is 0 Å². The van der Waals surface area contributed by atoms with Crippen molar-refractivity contribution in [2.24, 2.45) is 5.41 Å². The Labute approximate surface area is 38.6 Å². The van der Waals surface area contributed by atoms with Crippen molar-refractivity contribution in [1.82, 2.24) is 0 Å². The molecule has 1 nitrogen and oxygen atoms in total. The van der Waals surface area contributed by atoms with Crippen LogP contribution in [-0.2, 0) is 0 Å². The van der Waals surface area contributed by atoms with Crippen LogP contribution in [0.2, 0.25) is 0 Å². The summed E-state index contributed by atoms with van der Waals surface area (Å²) >= 11 is 0. The molecule has 0 aromatic rings. The van der Waals surface area contributed by atoms with E-state index in [-0.39, 0.29) is 0 Å². The first-order chi connectivity index (χ1) is 2.56. The molecule has 0 saturated heterocycles. The van der Waals surface area contributed by atoms with Gasteiger partial charge in [0, 0.05) is 0 Å². The molecule has 1 heteroatoms. The summed E-state index contributed by atoms with van der Waals surface area (Å²) in [5, 5.41) is 8.09. The van der Waals surface area contributed by atoms with E-state index < -0.39 is 5.41 Å². The van der Waals surface area contributed by atoms with Gasteiger partial charge in [-0.05, 0) is 20.8 Å². The predicted octanol–water partition coefficient (Wildman–Crippen LogP) is 1.37. The van der Waals surface area contributed by atoms with Crippen molar-refractivity contribution in [2.45, 2.75) is 13.8 Å². The van der Waals surface area contributed by atoms with Crippen LogP contribution in [0.1, 0.15) is 13.8 Å². The molecule has 0 aromatic heterocycles. The maximum absolute atomic E-state index is 8.09. The second-order valence-electron chi connectivity index (χ2n) is 2.00. The molecule has 1 radical (unpaired) electrons. The molecule has 0 saturated carbocycles. The molecule has 0 rings (SSSR count). The van der Waals surface area contributed by atoms with E-state index in [4.69, 9.17) is 5.26 Å². The van der Waals surface area contributed by atoms with Crippen molar-refractivity contribution in [3.05, 3.63) is 6.92 Å². The van der Waals surface area contributed by atoms with Crippen LogP contribution in [-0.4, -0.2) is 0 Å². The van der Waals surface area contributed by atoms with Crippen molar-refractivity contribution in [2.75, 3.05) is 0 Å². The first-order valence-corrected chi connectivity index (χ1v) is 1.83. The third kappa shape index (κ3) is 3.49. The molecule has 0 aliphatic carbocycles. The fraction of sp³-hybridized carbons (Fsp3) is 0.600. The fourth-order valence-corrected chi connectivity index (χ4v) is 0. The molecule has 0 unspecified atom stereocenters. The lowest BCUT2D eigenvalue weighted by molar-refractivity contribution is 0.639. The third-order valence-corrected chi connectivity index (χ3v) is 0.303. The number of rotatable bonds is 0. The maximum Gasteiger partial charge on any atom is 0.0683 e. The van der Waals surface area contributed by atoms with Crippen molar-refractivity contribution >= 4 is 0 Å². The zero-order chi connectivity index (χ0) is 5.21. The normalized spacial score (nSPS) is 10.3. The highest BCUT2D eigenvalue weighted by Crippen LogP contribution is 2.07. The van der Waals surface area contributed by atoms with Crippen molar-refractivity contribution < 1.29 is 0 Å². The van der Waals surface area contributed by atoms with Crippen molar-refractivity contribution in [3.8, 4) is 6.07 Å². The number of nitriles is 1. The molecule has 0 aromatic carbocycles. The molecule has 6 heavy (non-hydrogen) atoms. The first kappa shape index (κ1) is 5.49. The van der Waals surface area contributed by atoms with E-state index in [2.05, 4.69) is 6.92 Å². The summed E-state index contributed by atoms with van der Waals surface area (Å²) < 4.78 is 0. The molecule has 0 aliphatic rings. The van der Waals surface area contributed by atoms with Crippen LogP contribution in [0, 0.1) is 23.7 Å². The molecule has 0 fully saturated rings. The van der Waals surface area contributed by atoms with Gasteiger partial charge in [0.2, 0.25) is 0 Å². The van der Waals surface area contributed by atoms with E-state index >= 15 is 0 Å². The maximum atomic E-state index is 8.09. The van der Waals surface area contributed by atoms with Crippen molar-refractivity contribution in [3.63, 3.8) is 0 Å². The zero-order valence-corrected chi connectivity index (χ0v) is 4.15. The van der Waals surface area contributed by atoms with Crippen LogP contribution in [0.3, 0.4) is 0 Å². The molecule has 0 amide bonds. The summed E-state index contributed by atoms with van der Waals surface area (Å²) in [6, 6.07) is 1.99. The van der Waals surface area contributed by atoms with Gasteiger partial charge in [0.25, 0.3) is 0 Å². The summed E-state index contributed by atoms with van der Waals surface area (Å²) in [6.07, 6.45) is 0. The Balaban J connectivity index is 3.55. The van der Waals surface area contributed by atoms with E-state index in [9.17, 15) is 0 Å². The zero-order valence-electron chi connectivity index (χ0n) is 4.15. The Hall–Kier alpha value is -0.510. The van der Waals surface area contributed by atoms with Gasteiger partial charge in [0.15, 0.2) is 0 Å². The van der Waals surface area contributed by atoms with Crippen LogP contribution < -0.4 is 0 Å². The van der Waals surface area contributed by atoms with E-state index in [0.29, 0.717) is 0 Å². The van der Waals surface area contributed by atoms with Crippen molar-refractivity contribution in [1.29, 1.82) is 5.26 Å². The van der Waals surface area contributed by atoms with E-state index in [1.165, 1.54) is 0 Å². The van der Waals surface area contributed by atoms with Crippen LogP contribution >= 0.6 is 0 Å². The lowest BCUT2D eigenvalue weighted by Gasteiger charge is -2.00. The second-order valence-corrected chi connectivity index (χ2v) is 2.00. The highest BCUT2D eigenvalue weighted by Gasteiger charge is 2.04.